The van der Waals surface area contributed by atoms with Crippen LogP contribution in [0, 0.1) is 0 Å². The average molecular weight is 1790 g/mol. The van der Waals surface area contributed by atoms with E-state index >= 15 is 0 Å². The first kappa shape index (κ1) is 77.3. The molecule has 11 heterocycles. The first-order valence-corrected chi connectivity index (χ1v) is 47.6. The van der Waals surface area contributed by atoms with E-state index in [9.17, 15) is 0 Å². The van der Waals surface area contributed by atoms with E-state index in [-0.39, 0.29) is 0 Å². The Morgan fingerprint density at radius 1 is 0.136 bits per heavy atom. The minimum atomic E-state index is 0.492. The van der Waals surface area contributed by atoms with Crippen molar-refractivity contribution in [2.24, 2.45) is 0 Å². The highest BCUT2D eigenvalue weighted by molar-refractivity contribution is 6.25. The molecule has 140 heavy (non-hydrogen) atoms. The van der Waals surface area contributed by atoms with Gasteiger partial charge < -0.3 is 36.5 Å². The van der Waals surface area contributed by atoms with Crippen LogP contribution in [0.1, 0.15) is 0 Å². The maximum atomic E-state index is 5.93. The number of para-hydroxylation sites is 12. The highest BCUT2D eigenvalue weighted by atomic mass is 15.1. The van der Waals surface area contributed by atoms with Crippen molar-refractivity contribution in [2.75, 3.05) is 0 Å². The molecule has 0 aliphatic carbocycles. The van der Waals surface area contributed by atoms with E-state index in [0.29, 0.717) is 17.5 Å². The van der Waals surface area contributed by atoms with Crippen LogP contribution in [0.5, 0.6) is 0 Å². The summed E-state index contributed by atoms with van der Waals surface area (Å²) in [7, 11) is 0. The molecule has 0 spiro atoms. The molecular weight excluding hydrogens is 1710 g/mol. The largest absolute Gasteiger partial charge is 0.309 e. The van der Waals surface area contributed by atoms with E-state index in [4.69, 9.17) is 24.9 Å². The molecule has 0 amide bonds. The second-order valence-electron chi connectivity index (χ2n) is 36.6. The third-order valence-corrected chi connectivity index (χ3v) is 29.2. The summed E-state index contributed by atoms with van der Waals surface area (Å²) < 4.78 is 19.6. The van der Waals surface area contributed by atoms with Gasteiger partial charge in [-0.3, -0.25) is 9.97 Å². The maximum Gasteiger partial charge on any atom is 0.164 e. The topological polar surface area (TPSA) is 104 Å². The summed E-state index contributed by atoms with van der Waals surface area (Å²) in [5, 5.41) is 18.5. The van der Waals surface area contributed by atoms with Gasteiger partial charge in [0.05, 0.1) is 123 Å². The van der Waals surface area contributed by atoms with Crippen molar-refractivity contribution >= 4 is 174 Å². The van der Waals surface area contributed by atoms with Gasteiger partial charge in [-0.15, -0.1) is 0 Å². The third-order valence-electron chi connectivity index (χ3n) is 29.2. The van der Waals surface area contributed by atoms with E-state index in [2.05, 4.69) is 492 Å². The number of hydrogen-bond donors (Lipinski definition) is 0. The molecule has 0 unspecified atom stereocenters. The third kappa shape index (κ3) is 11.4. The van der Waals surface area contributed by atoms with Crippen molar-refractivity contribution in [3.05, 3.63) is 468 Å². The normalized spacial score (nSPS) is 12.1. The highest BCUT2D eigenvalue weighted by Gasteiger charge is 2.31. The number of pyridine rings is 2. The molecule has 650 valence electrons. The lowest BCUT2D eigenvalue weighted by Gasteiger charge is -2.20. The van der Waals surface area contributed by atoms with Crippen LogP contribution in [-0.2, 0) is 0 Å². The first-order valence-electron chi connectivity index (χ1n) is 47.6. The molecule has 11 aromatic heterocycles. The lowest BCUT2D eigenvalue weighted by Crippen LogP contribution is -2.05. The monoisotopic (exact) mass is 1780 g/mol. The molecule has 0 saturated carbocycles. The molecule has 13 nitrogen and oxygen atoms in total. The van der Waals surface area contributed by atoms with E-state index in [1.54, 1.807) is 0 Å². The lowest BCUT2D eigenvalue weighted by atomic mass is 9.99. The second kappa shape index (κ2) is 30.2. The zero-order chi connectivity index (χ0) is 91.5. The molecular formula is C127H77N13. The zero-order valence-corrected chi connectivity index (χ0v) is 75.3. The Morgan fingerprint density at radius 3 is 0.607 bits per heavy atom. The van der Waals surface area contributed by atoms with Crippen LogP contribution in [0.15, 0.2) is 468 Å². The minimum absolute atomic E-state index is 0.492. The van der Waals surface area contributed by atoms with Crippen LogP contribution in [-0.4, -0.2) is 61.5 Å². The van der Waals surface area contributed by atoms with Gasteiger partial charge in [0.25, 0.3) is 0 Å². The summed E-state index contributed by atoms with van der Waals surface area (Å²) >= 11 is 0. The Balaban J connectivity index is 0.683. The summed E-state index contributed by atoms with van der Waals surface area (Å²) in [6, 6.07) is 162. The molecule has 0 atom stereocenters. The molecule has 30 aromatic rings. The van der Waals surface area contributed by atoms with Crippen LogP contribution >= 0.6 is 0 Å². The van der Waals surface area contributed by atoms with Gasteiger partial charge in [0.1, 0.15) is 0 Å². The van der Waals surface area contributed by atoms with Gasteiger partial charge >= 0.3 is 0 Å². The molecule has 0 N–H and O–H groups in total. The van der Waals surface area contributed by atoms with E-state index in [0.717, 1.165) is 227 Å². The molecule has 0 aliphatic rings. The molecule has 19 aromatic carbocycles. The van der Waals surface area contributed by atoms with Crippen molar-refractivity contribution in [3.63, 3.8) is 0 Å². The Morgan fingerprint density at radius 2 is 0.343 bits per heavy atom. The van der Waals surface area contributed by atoms with E-state index in [1.807, 2.05) is 12.4 Å². The van der Waals surface area contributed by atoms with Gasteiger partial charge in [-0.05, 0) is 170 Å². The molecule has 0 fully saturated rings. The standard InChI is InChI=1S/C127H77N13/c1-6-32-78(33-7-1)125-130-126(79-58-60-93(113(66-79)137-109-54-28-20-46-89(109)101-68-97-85-42-16-24-50-105(85)133(115(97)72-119(101)137)81-34-8-2-9-35-81)95-62-64-128-76-123(95)139-111-56-30-22-48-91(111)103-70-99-87-44-18-26-52-107(87)135(117(99)74-121(103)139)83-38-12-4-13-39-83)132-127(131-125)80-59-61-94(114(67-80)138-110-55-29-21-47-90(110)102-69-98-86-43-17-25-51-106(86)134(116(98)73-120(102)138)82-36-10-3-11-37-82)96-63-65-129-77-124(96)140-112-57-31-23-49-92(112)104-71-100-88-45-19-27-53-108(88)136(118(100)75-122(104)140)84-40-14-5-15-41-84/h1-77H. The van der Waals surface area contributed by atoms with Gasteiger partial charge in [0, 0.05) is 160 Å². The van der Waals surface area contributed by atoms with Crippen LogP contribution < -0.4 is 0 Å². The molecule has 30 rings (SSSR count). The fourth-order valence-electron chi connectivity index (χ4n) is 23.3. The van der Waals surface area contributed by atoms with Gasteiger partial charge in [-0.1, -0.05) is 273 Å². The zero-order valence-electron chi connectivity index (χ0n) is 75.3. The van der Waals surface area contributed by atoms with E-state index < -0.39 is 0 Å². The van der Waals surface area contributed by atoms with Crippen molar-refractivity contribution in [2.45, 2.75) is 0 Å². The number of benzene rings is 19. The number of rotatable bonds is 13. The lowest BCUT2D eigenvalue weighted by molar-refractivity contribution is 1.07. The number of hydrogen-bond acceptors (Lipinski definition) is 5. The summed E-state index contributed by atoms with van der Waals surface area (Å²) in [4.78, 5) is 27.7. The number of fused-ring (bicyclic) bond motifs is 24. The summed E-state index contributed by atoms with van der Waals surface area (Å²) in [6.45, 7) is 0. The molecule has 0 bridgehead atoms. The molecule has 13 heteroatoms. The van der Waals surface area contributed by atoms with Crippen molar-refractivity contribution in [1.82, 2.24) is 61.5 Å². The molecule has 0 radical (unpaired) electrons. The van der Waals surface area contributed by atoms with Crippen molar-refractivity contribution in [1.29, 1.82) is 0 Å². The predicted molar refractivity (Wildman–Crippen MR) is 577 cm³/mol. The summed E-state index contributed by atoms with van der Waals surface area (Å²) in [5.41, 5.74) is 31.6. The second-order valence-corrected chi connectivity index (χ2v) is 36.6. The Labute approximate surface area is 800 Å². The van der Waals surface area contributed by atoms with Gasteiger partial charge in [0.2, 0.25) is 0 Å². The average Bonchev–Trinajstić information content (AvgIpc) is 1.56. The van der Waals surface area contributed by atoms with Gasteiger partial charge in [-0.2, -0.15) is 0 Å². The van der Waals surface area contributed by atoms with Crippen LogP contribution in [0.2, 0.25) is 0 Å². The van der Waals surface area contributed by atoms with Crippen molar-refractivity contribution < 1.29 is 0 Å². The van der Waals surface area contributed by atoms with Crippen LogP contribution in [0.25, 0.3) is 276 Å². The van der Waals surface area contributed by atoms with Crippen LogP contribution in [0.4, 0.5) is 0 Å². The first-order chi connectivity index (χ1) is 69.5. The quantitative estimate of drug-likeness (QED) is 0.114. The van der Waals surface area contributed by atoms with Gasteiger partial charge in [0.15, 0.2) is 17.5 Å². The number of nitrogens with zero attached hydrogens (tertiary/aromatic N) is 13. The maximum absolute atomic E-state index is 5.93. The van der Waals surface area contributed by atoms with Crippen LogP contribution in [0.3, 0.4) is 0 Å². The number of aromatic nitrogens is 13. The molecule has 0 saturated heterocycles. The minimum Gasteiger partial charge on any atom is -0.309 e. The fourth-order valence-corrected chi connectivity index (χ4v) is 23.3. The van der Waals surface area contributed by atoms with Crippen molar-refractivity contribution in [3.8, 4) is 102 Å². The summed E-state index contributed by atoms with van der Waals surface area (Å²) in [6.07, 6.45) is 8.01. The Hall–Kier alpha value is -19.1. The van der Waals surface area contributed by atoms with Gasteiger partial charge in [-0.25, -0.2) is 15.0 Å². The smallest absolute Gasteiger partial charge is 0.164 e. The molecule has 0 aliphatic heterocycles. The fraction of sp³-hybridized carbons (Fsp3) is 0. The SMILES string of the molecule is c1ccc(-c2nc(-c3ccc(-c4ccncc4-n4c5ccccc5c5cc6c7ccccc7n(-c7ccccc7)c6cc54)c(-n4c5ccccc5c5cc6c7ccccc7n(-c7ccccc7)c6cc54)c3)nc(-c3ccc(-c4ccncc4-n4c5ccccc5c5cc6c7ccccc7n(-c7ccccc7)c6cc54)c(-n4c5ccccc5c5cc6c7ccccc7n(-c7ccccc7)c6cc54)c3)n2)cc1. The highest BCUT2D eigenvalue weighted by Crippen LogP contribution is 2.51. The van der Waals surface area contributed by atoms with E-state index in [1.165, 1.54) is 32.3 Å². The Kier molecular flexibility index (Phi) is 16.7. The predicted octanol–water partition coefficient (Wildman–Crippen LogP) is 31.8. The Bertz CT molecular complexity index is 9900. The summed E-state index contributed by atoms with van der Waals surface area (Å²) in [5.74, 6) is 1.51.